The first kappa shape index (κ1) is 9.66. The van der Waals surface area contributed by atoms with Crippen molar-refractivity contribution in [3.63, 3.8) is 0 Å². The average Bonchev–Trinajstić information content (AvgIpc) is 2.37. The van der Waals surface area contributed by atoms with Crippen molar-refractivity contribution in [3.8, 4) is 0 Å². The molecule has 4 aromatic rings. The average molecular weight is 232 g/mol. The molecule has 1 aromatic heterocycles. The third-order valence-electron chi connectivity index (χ3n) is 3.62. The van der Waals surface area contributed by atoms with Crippen LogP contribution in [0.25, 0.3) is 32.4 Å². The van der Waals surface area contributed by atoms with Gasteiger partial charge in [0.2, 0.25) is 0 Å². The molecule has 0 amide bonds. The summed E-state index contributed by atoms with van der Waals surface area (Å²) in [5.41, 5.74) is 9.01. The lowest BCUT2D eigenvalue weighted by Crippen LogP contribution is -1.92. The summed E-state index contributed by atoms with van der Waals surface area (Å²) in [6.07, 6.45) is 0. The predicted octanol–water partition coefficient (Wildman–Crippen LogP) is 3.87. The van der Waals surface area contributed by atoms with Gasteiger partial charge >= 0.3 is 0 Å². The number of nitrogens with zero attached hydrogens (tertiary/aromatic N) is 1. The first-order valence-electron chi connectivity index (χ1n) is 6.05. The van der Waals surface area contributed by atoms with E-state index in [1.54, 1.807) is 0 Å². The second-order valence-corrected chi connectivity index (χ2v) is 4.81. The lowest BCUT2D eigenvalue weighted by atomic mass is 9.95. The highest BCUT2D eigenvalue weighted by molar-refractivity contribution is 6.24. The molecule has 0 bridgehead atoms. The molecule has 2 nitrogen and oxygen atoms in total. The minimum Gasteiger partial charge on any atom is -0.398 e. The number of hydrogen-bond acceptors (Lipinski definition) is 2. The van der Waals surface area contributed by atoms with Gasteiger partial charge in [-0.3, -0.25) is 4.98 Å². The number of pyridine rings is 1. The zero-order valence-electron chi connectivity index (χ0n) is 10.1. The lowest BCUT2D eigenvalue weighted by molar-refractivity contribution is 1.27. The Hall–Kier alpha value is -2.35. The largest absolute Gasteiger partial charge is 0.398 e. The molecule has 0 fully saturated rings. The Morgan fingerprint density at radius 1 is 0.889 bits per heavy atom. The second kappa shape index (κ2) is 3.10. The van der Waals surface area contributed by atoms with E-state index in [2.05, 4.69) is 41.4 Å². The topological polar surface area (TPSA) is 38.9 Å². The van der Waals surface area contributed by atoms with Crippen molar-refractivity contribution in [2.75, 3.05) is 5.73 Å². The number of aromatic nitrogens is 1. The summed E-state index contributed by atoms with van der Waals surface area (Å²) < 4.78 is 0. The molecule has 0 radical (unpaired) electrons. The van der Waals surface area contributed by atoms with E-state index < -0.39 is 0 Å². The quantitative estimate of drug-likeness (QED) is 0.369. The summed E-state index contributed by atoms with van der Waals surface area (Å²) in [4.78, 5) is 4.62. The molecule has 86 valence electrons. The number of anilines is 1. The Morgan fingerprint density at radius 2 is 1.67 bits per heavy atom. The van der Waals surface area contributed by atoms with Gasteiger partial charge in [-0.25, -0.2) is 0 Å². The van der Waals surface area contributed by atoms with Gasteiger partial charge in [0.1, 0.15) is 0 Å². The number of nitrogens with two attached hydrogens (primary N) is 1. The molecule has 1 heterocycles. The van der Waals surface area contributed by atoms with Crippen molar-refractivity contribution in [1.82, 2.24) is 4.98 Å². The fraction of sp³-hybridized carbons (Fsp3) is 0.0625. The van der Waals surface area contributed by atoms with Crippen molar-refractivity contribution < 1.29 is 0 Å². The first-order chi connectivity index (χ1) is 8.74. The summed E-state index contributed by atoms with van der Waals surface area (Å²) in [5, 5.41) is 6.04. The Bertz CT molecular complexity index is 875. The van der Waals surface area contributed by atoms with Gasteiger partial charge in [-0.2, -0.15) is 0 Å². The smallest absolute Gasteiger partial charge is 0.0717 e. The van der Waals surface area contributed by atoms with Crippen LogP contribution in [0, 0.1) is 6.92 Å². The van der Waals surface area contributed by atoms with E-state index in [-0.39, 0.29) is 0 Å². The van der Waals surface area contributed by atoms with Crippen molar-refractivity contribution in [3.05, 3.63) is 48.2 Å². The van der Waals surface area contributed by atoms with Gasteiger partial charge < -0.3 is 5.73 Å². The van der Waals surface area contributed by atoms with Crippen LogP contribution in [0.2, 0.25) is 0 Å². The lowest BCUT2D eigenvalue weighted by Gasteiger charge is -2.12. The minimum atomic E-state index is 0.831. The molecule has 0 atom stereocenters. The zero-order chi connectivity index (χ0) is 12.3. The van der Waals surface area contributed by atoms with Crippen LogP contribution in [0.15, 0.2) is 42.5 Å². The Labute approximate surface area is 104 Å². The van der Waals surface area contributed by atoms with Crippen LogP contribution < -0.4 is 5.73 Å². The van der Waals surface area contributed by atoms with Crippen molar-refractivity contribution in [1.29, 1.82) is 0 Å². The van der Waals surface area contributed by atoms with Gasteiger partial charge in [0.15, 0.2) is 0 Å². The molecule has 0 aliphatic heterocycles. The van der Waals surface area contributed by atoms with Crippen molar-refractivity contribution in [2.45, 2.75) is 6.92 Å². The molecule has 0 aliphatic carbocycles. The summed E-state index contributed by atoms with van der Waals surface area (Å²) in [5.74, 6) is 0. The van der Waals surface area contributed by atoms with Crippen LogP contribution >= 0.6 is 0 Å². The van der Waals surface area contributed by atoms with E-state index in [4.69, 9.17) is 5.73 Å². The fourth-order valence-corrected chi connectivity index (χ4v) is 2.84. The summed E-state index contributed by atoms with van der Waals surface area (Å²) in [6, 6.07) is 14.6. The normalized spacial score (nSPS) is 11.8. The van der Waals surface area contributed by atoms with Crippen LogP contribution in [0.4, 0.5) is 5.69 Å². The van der Waals surface area contributed by atoms with Gasteiger partial charge in [-0.1, -0.05) is 24.3 Å². The van der Waals surface area contributed by atoms with Gasteiger partial charge in [0.05, 0.1) is 5.52 Å². The maximum Gasteiger partial charge on any atom is 0.0717 e. The van der Waals surface area contributed by atoms with E-state index in [0.29, 0.717) is 0 Å². The van der Waals surface area contributed by atoms with Crippen molar-refractivity contribution in [2.24, 2.45) is 0 Å². The Kier molecular flexibility index (Phi) is 1.67. The maximum atomic E-state index is 6.08. The minimum absolute atomic E-state index is 0.831. The van der Waals surface area contributed by atoms with E-state index in [1.165, 1.54) is 21.5 Å². The van der Waals surface area contributed by atoms with E-state index in [0.717, 1.165) is 22.3 Å². The van der Waals surface area contributed by atoms with Crippen molar-refractivity contribution >= 4 is 38.1 Å². The molecule has 2 heteroatoms. The molecule has 3 aromatic carbocycles. The van der Waals surface area contributed by atoms with E-state index in [9.17, 15) is 0 Å². The van der Waals surface area contributed by atoms with Gasteiger partial charge in [0.25, 0.3) is 0 Å². The summed E-state index contributed by atoms with van der Waals surface area (Å²) in [6.45, 7) is 2.03. The molecule has 0 unspecified atom stereocenters. The van der Waals surface area contributed by atoms with Crippen LogP contribution in [-0.4, -0.2) is 4.98 Å². The van der Waals surface area contributed by atoms with Crippen LogP contribution in [0.3, 0.4) is 0 Å². The van der Waals surface area contributed by atoms with Crippen LogP contribution in [0.1, 0.15) is 5.69 Å². The summed E-state index contributed by atoms with van der Waals surface area (Å²) >= 11 is 0. The van der Waals surface area contributed by atoms with E-state index in [1.807, 2.05) is 13.0 Å². The van der Waals surface area contributed by atoms with Crippen LogP contribution in [0.5, 0.6) is 0 Å². The number of aryl methyl sites for hydroxylation is 1. The first-order valence-corrected chi connectivity index (χ1v) is 6.05. The standard InChI is InChI=1S/C16H12N2/c1-9-8-11-2-5-12-13(17)6-3-10-4-7-14(18-9)16(11)15(10)12/h2-8H,17H2,1H3. The highest BCUT2D eigenvalue weighted by Crippen LogP contribution is 2.36. The molecule has 18 heavy (non-hydrogen) atoms. The van der Waals surface area contributed by atoms with E-state index >= 15 is 0 Å². The number of nitrogen functional groups attached to an aromatic ring is 1. The monoisotopic (exact) mass is 232 g/mol. The molecule has 2 N–H and O–H groups in total. The molecule has 0 saturated carbocycles. The van der Waals surface area contributed by atoms with Gasteiger partial charge in [-0.05, 0) is 35.9 Å². The Balaban J connectivity index is 2.44. The molecule has 0 aliphatic rings. The number of rotatable bonds is 0. The molecule has 0 spiro atoms. The maximum absolute atomic E-state index is 6.08. The third kappa shape index (κ3) is 1.10. The predicted molar refractivity (Wildman–Crippen MR) is 77.1 cm³/mol. The Morgan fingerprint density at radius 3 is 2.56 bits per heavy atom. The van der Waals surface area contributed by atoms with Crippen LogP contribution in [-0.2, 0) is 0 Å². The molecular weight excluding hydrogens is 220 g/mol. The highest BCUT2D eigenvalue weighted by Gasteiger charge is 2.10. The molecule has 4 rings (SSSR count). The SMILES string of the molecule is Cc1cc2ccc3c(N)ccc4ccc(n1)c2c43. The second-order valence-electron chi connectivity index (χ2n) is 4.81. The van der Waals surface area contributed by atoms with Gasteiger partial charge in [0, 0.05) is 27.5 Å². The zero-order valence-corrected chi connectivity index (χ0v) is 10.1. The number of hydrogen-bond donors (Lipinski definition) is 1. The molecule has 0 saturated heterocycles. The third-order valence-corrected chi connectivity index (χ3v) is 3.62. The molecular formula is C16H12N2. The number of benzene rings is 3. The highest BCUT2D eigenvalue weighted by atomic mass is 14.7. The summed E-state index contributed by atoms with van der Waals surface area (Å²) in [7, 11) is 0. The van der Waals surface area contributed by atoms with Gasteiger partial charge in [-0.15, -0.1) is 0 Å². The fourth-order valence-electron chi connectivity index (χ4n) is 2.84.